The largest absolute Gasteiger partial charge is 0.493 e. The summed E-state index contributed by atoms with van der Waals surface area (Å²) in [7, 11) is 2.89. The Morgan fingerprint density at radius 1 is 1.09 bits per heavy atom. The minimum absolute atomic E-state index is 0.0633. The van der Waals surface area contributed by atoms with E-state index in [9.17, 15) is 19.5 Å². The summed E-state index contributed by atoms with van der Waals surface area (Å²) < 4.78 is 26.6. The number of fused-ring (bicyclic) bond motifs is 2. The molecule has 35 heavy (non-hydrogen) atoms. The van der Waals surface area contributed by atoms with E-state index in [0.717, 1.165) is 0 Å². The molecule has 4 rings (SSSR count). The number of rotatable bonds is 9. The van der Waals surface area contributed by atoms with E-state index >= 15 is 0 Å². The lowest BCUT2D eigenvalue weighted by molar-refractivity contribution is -0.144. The van der Waals surface area contributed by atoms with E-state index < -0.39 is 17.9 Å². The number of ether oxygens (including phenoxy) is 5. The molecule has 2 aromatic rings. The van der Waals surface area contributed by atoms with Crippen molar-refractivity contribution < 1.29 is 43.2 Å². The highest BCUT2D eigenvalue weighted by molar-refractivity contribution is 6.01. The summed E-state index contributed by atoms with van der Waals surface area (Å²) in [4.78, 5) is 39.8. The number of methoxy groups -OCH3 is 2. The van der Waals surface area contributed by atoms with Crippen molar-refractivity contribution >= 4 is 17.8 Å². The molecule has 0 bridgehead atoms. The van der Waals surface area contributed by atoms with E-state index in [4.69, 9.17) is 23.7 Å². The summed E-state index contributed by atoms with van der Waals surface area (Å²) in [5.41, 5.74) is 1.11. The standard InChI is InChI=1S/C25H27NO9/c1-4-33-21(27)6-5-9-26-23(14-7-8-17-20(10-14)35-13-34-17)22(25(29)30)15-11-18(31-2)19(32-3)12-16(15)24(26)28/h7-8,10-12,22-23H,4-6,9,13H2,1-3H3,(H,29,30)/t22-,23-/m1/s1. The second kappa shape index (κ2) is 10.1. The van der Waals surface area contributed by atoms with Crippen molar-refractivity contribution in [3.63, 3.8) is 0 Å². The van der Waals surface area contributed by atoms with Crippen molar-refractivity contribution in [2.75, 3.05) is 34.2 Å². The lowest BCUT2D eigenvalue weighted by Gasteiger charge is -2.41. The van der Waals surface area contributed by atoms with Gasteiger partial charge in [-0.3, -0.25) is 14.4 Å². The van der Waals surface area contributed by atoms with Gasteiger partial charge in [0.1, 0.15) is 5.92 Å². The summed E-state index contributed by atoms with van der Waals surface area (Å²) >= 11 is 0. The molecule has 2 heterocycles. The van der Waals surface area contributed by atoms with Crippen molar-refractivity contribution in [1.29, 1.82) is 0 Å². The Bertz CT molecular complexity index is 1150. The van der Waals surface area contributed by atoms with Gasteiger partial charge < -0.3 is 33.7 Å². The third-order valence-corrected chi connectivity index (χ3v) is 6.12. The number of benzene rings is 2. The molecule has 1 amide bonds. The molecule has 0 spiro atoms. The number of carboxylic acid groups (broad SMARTS) is 1. The van der Waals surface area contributed by atoms with Gasteiger partial charge in [0.15, 0.2) is 23.0 Å². The van der Waals surface area contributed by atoms with Crippen LogP contribution in [0.1, 0.15) is 53.2 Å². The minimum Gasteiger partial charge on any atom is -0.493 e. The Labute approximate surface area is 202 Å². The summed E-state index contributed by atoms with van der Waals surface area (Å²) in [6, 6.07) is 7.30. The lowest BCUT2D eigenvalue weighted by atomic mass is 9.79. The third-order valence-electron chi connectivity index (χ3n) is 6.12. The molecule has 10 nitrogen and oxygen atoms in total. The van der Waals surface area contributed by atoms with Crippen molar-refractivity contribution in [2.45, 2.75) is 31.7 Å². The van der Waals surface area contributed by atoms with Crippen LogP contribution in [0.3, 0.4) is 0 Å². The number of amides is 1. The van der Waals surface area contributed by atoms with Crippen LogP contribution < -0.4 is 18.9 Å². The molecule has 0 aromatic heterocycles. The molecule has 1 N–H and O–H groups in total. The summed E-state index contributed by atoms with van der Waals surface area (Å²) in [5.74, 6) is -1.30. The monoisotopic (exact) mass is 485 g/mol. The van der Waals surface area contributed by atoms with Crippen molar-refractivity contribution in [3.05, 3.63) is 47.0 Å². The first-order chi connectivity index (χ1) is 16.9. The van der Waals surface area contributed by atoms with Gasteiger partial charge in [0.2, 0.25) is 6.79 Å². The van der Waals surface area contributed by atoms with Crippen LogP contribution in [0, 0.1) is 0 Å². The van der Waals surface area contributed by atoms with Crippen LogP contribution in [0.25, 0.3) is 0 Å². The Balaban J connectivity index is 1.81. The SMILES string of the molecule is CCOC(=O)CCCN1C(=O)c2cc(OC)c(OC)cc2[C@@H](C(=O)O)[C@H]1c1ccc2c(c1)OCO2. The van der Waals surface area contributed by atoms with E-state index in [-0.39, 0.29) is 43.8 Å². The molecule has 2 aliphatic heterocycles. The molecular formula is C25H27NO9. The van der Waals surface area contributed by atoms with Crippen LogP contribution in [-0.4, -0.2) is 62.0 Å². The molecular weight excluding hydrogens is 458 g/mol. The quantitative estimate of drug-likeness (QED) is 0.534. The Hall–Kier alpha value is -3.95. The third kappa shape index (κ3) is 4.55. The molecule has 0 unspecified atom stereocenters. The predicted molar refractivity (Wildman–Crippen MR) is 122 cm³/mol. The Kier molecular flexibility index (Phi) is 6.99. The van der Waals surface area contributed by atoms with E-state index in [1.807, 2.05) is 0 Å². The average Bonchev–Trinajstić information content (AvgIpc) is 3.32. The number of carboxylic acids is 1. The number of esters is 1. The maximum Gasteiger partial charge on any atom is 0.313 e. The second-order valence-corrected chi connectivity index (χ2v) is 8.08. The smallest absolute Gasteiger partial charge is 0.313 e. The fourth-order valence-corrected chi connectivity index (χ4v) is 4.57. The first kappa shape index (κ1) is 24.2. The molecule has 0 radical (unpaired) electrons. The Morgan fingerprint density at radius 2 is 1.80 bits per heavy atom. The number of carbonyl (C=O) groups excluding carboxylic acids is 2. The van der Waals surface area contributed by atoms with Gasteiger partial charge >= 0.3 is 11.9 Å². The van der Waals surface area contributed by atoms with Crippen LogP contribution in [0.2, 0.25) is 0 Å². The average molecular weight is 485 g/mol. The first-order valence-electron chi connectivity index (χ1n) is 11.2. The Morgan fingerprint density at radius 3 is 2.49 bits per heavy atom. The molecule has 186 valence electrons. The zero-order valence-electron chi connectivity index (χ0n) is 19.7. The summed E-state index contributed by atoms with van der Waals surface area (Å²) in [6.45, 7) is 2.19. The molecule has 2 atom stereocenters. The van der Waals surface area contributed by atoms with Gasteiger partial charge in [-0.2, -0.15) is 0 Å². The van der Waals surface area contributed by atoms with Crippen LogP contribution >= 0.6 is 0 Å². The minimum atomic E-state index is -1.11. The molecule has 0 saturated carbocycles. The number of aliphatic carboxylic acids is 1. The van der Waals surface area contributed by atoms with Crippen LogP contribution in [-0.2, 0) is 14.3 Å². The van der Waals surface area contributed by atoms with Gasteiger partial charge in [-0.25, -0.2) is 0 Å². The van der Waals surface area contributed by atoms with E-state index in [2.05, 4.69) is 0 Å². The van der Waals surface area contributed by atoms with Gasteiger partial charge in [0.05, 0.1) is 26.9 Å². The molecule has 0 saturated heterocycles. The van der Waals surface area contributed by atoms with Gasteiger partial charge in [-0.05, 0) is 48.7 Å². The van der Waals surface area contributed by atoms with Gasteiger partial charge in [0, 0.05) is 18.5 Å². The normalized spacial score (nSPS) is 18.1. The van der Waals surface area contributed by atoms with Crippen molar-refractivity contribution in [2.24, 2.45) is 0 Å². The highest BCUT2D eigenvalue weighted by atomic mass is 16.7. The number of hydrogen-bond donors (Lipinski definition) is 1. The van der Waals surface area contributed by atoms with Crippen molar-refractivity contribution in [3.8, 4) is 23.0 Å². The molecule has 0 fully saturated rings. The zero-order valence-corrected chi connectivity index (χ0v) is 19.7. The second-order valence-electron chi connectivity index (χ2n) is 8.08. The van der Waals surface area contributed by atoms with Crippen molar-refractivity contribution in [1.82, 2.24) is 4.90 Å². The number of nitrogens with zero attached hydrogens (tertiary/aromatic N) is 1. The fraction of sp³-hybridized carbons (Fsp3) is 0.400. The first-order valence-corrected chi connectivity index (χ1v) is 11.2. The van der Waals surface area contributed by atoms with Gasteiger partial charge in [0.25, 0.3) is 5.91 Å². The molecule has 2 aromatic carbocycles. The molecule has 2 aliphatic rings. The van der Waals surface area contributed by atoms with E-state index in [1.165, 1.54) is 25.2 Å². The number of hydrogen-bond acceptors (Lipinski definition) is 8. The number of carbonyl (C=O) groups is 3. The van der Waals surface area contributed by atoms with Gasteiger partial charge in [-0.15, -0.1) is 0 Å². The maximum absolute atomic E-state index is 13.7. The predicted octanol–water partition coefficient (Wildman–Crippen LogP) is 3.14. The topological polar surface area (TPSA) is 121 Å². The highest BCUT2D eigenvalue weighted by Crippen LogP contribution is 2.47. The maximum atomic E-state index is 13.7. The van der Waals surface area contributed by atoms with Gasteiger partial charge in [-0.1, -0.05) is 6.07 Å². The molecule has 0 aliphatic carbocycles. The van der Waals surface area contributed by atoms with E-state index in [0.29, 0.717) is 40.5 Å². The van der Waals surface area contributed by atoms with Crippen LogP contribution in [0.4, 0.5) is 0 Å². The highest BCUT2D eigenvalue weighted by Gasteiger charge is 2.45. The zero-order chi connectivity index (χ0) is 25.1. The van der Waals surface area contributed by atoms with Crippen LogP contribution in [0.5, 0.6) is 23.0 Å². The summed E-state index contributed by atoms with van der Waals surface area (Å²) in [6.07, 6.45) is 0.405. The lowest BCUT2D eigenvalue weighted by Crippen LogP contribution is -2.45. The van der Waals surface area contributed by atoms with Crippen LogP contribution in [0.15, 0.2) is 30.3 Å². The summed E-state index contributed by atoms with van der Waals surface area (Å²) in [5, 5.41) is 10.3. The fourth-order valence-electron chi connectivity index (χ4n) is 4.57. The molecule has 10 heteroatoms. The van der Waals surface area contributed by atoms with E-state index in [1.54, 1.807) is 31.2 Å².